The Morgan fingerprint density at radius 1 is 1.28 bits per heavy atom. The van der Waals surface area contributed by atoms with Gasteiger partial charge in [-0.3, -0.25) is 4.98 Å². The van der Waals surface area contributed by atoms with Gasteiger partial charge in [-0.15, -0.1) is 0 Å². The fraction of sp³-hybridized carbons (Fsp3) is 0.643. The fourth-order valence-corrected chi connectivity index (χ4v) is 1.88. The van der Waals surface area contributed by atoms with Gasteiger partial charge in [0.25, 0.3) is 0 Å². The molecule has 1 N–H and O–H groups in total. The van der Waals surface area contributed by atoms with Crippen molar-refractivity contribution in [1.29, 1.82) is 0 Å². The molecule has 0 aliphatic heterocycles. The Bertz CT molecular complexity index is 335. The molecule has 0 aromatic carbocycles. The summed E-state index contributed by atoms with van der Waals surface area (Å²) in [5.74, 6) is 0. The summed E-state index contributed by atoms with van der Waals surface area (Å²) in [4.78, 5) is 8.79. The van der Waals surface area contributed by atoms with Crippen LogP contribution in [0.4, 0.5) is 5.69 Å². The monoisotopic (exact) mass is 251 g/mol. The summed E-state index contributed by atoms with van der Waals surface area (Å²) in [5, 5.41) is 9.43. The molecule has 0 bridgehead atoms. The van der Waals surface area contributed by atoms with Crippen molar-refractivity contribution in [1.82, 2.24) is 9.88 Å². The molecule has 1 heterocycles. The predicted molar refractivity (Wildman–Crippen MR) is 75.9 cm³/mol. The molecule has 18 heavy (non-hydrogen) atoms. The van der Waals surface area contributed by atoms with E-state index in [2.05, 4.69) is 35.8 Å². The van der Waals surface area contributed by atoms with E-state index in [1.807, 2.05) is 18.3 Å². The van der Waals surface area contributed by atoms with E-state index in [0.29, 0.717) is 0 Å². The SMILES string of the molecule is CCN(CCCN(C)C)c1ccc([C@@H](C)O)nc1. The van der Waals surface area contributed by atoms with Crippen molar-refractivity contribution in [3.63, 3.8) is 0 Å². The Hall–Kier alpha value is -1.13. The van der Waals surface area contributed by atoms with Gasteiger partial charge < -0.3 is 14.9 Å². The molecule has 0 amide bonds. The molecule has 0 saturated carbocycles. The van der Waals surface area contributed by atoms with Crippen LogP contribution in [0.25, 0.3) is 0 Å². The number of pyridine rings is 1. The van der Waals surface area contributed by atoms with Gasteiger partial charge in [-0.1, -0.05) is 0 Å². The molecule has 1 atom stereocenters. The van der Waals surface area contributed by atoms with Crippen molar-refractivity contribution in [2.75, 3.05) is 38.6 Å². The fourth-order valence-electron chi connectivity index (χ4n) is 1.88. The van der Waals surface area contributed by atoms with Crippen LogP contribution in [0.2, 0.25) is 0 Å². The third-order valence-electron chi connectivity index (χ3n) is 2.98. The first-order chi connectivity index (χ1) is 8.54. The summed E-state index contributed by atoms with van der Waals surface area (Å²) in [6.45, 7) is 6.98. The van der Waals surface area contributed by atoms with Crippen LogP contribution in [0.3, 0.4) is 0 Å². The molecule has 1 aromatic rings. The summed E-state index contributed by atoms with van der Waals surface area (Å²) in [7, 11) is 4.19. The van der Waals surface area contributed by atoms with E-state index in [4.69, 9.17) is 0 Å². The Kier molecular flexibility index (Phi) is 6.09. The van der Waals surface area contributed by atoms with Crippen molar-refractivity contribution in [3.05, 3.63) is 24.0 Å². The largest absolute Gasteiger partial charge is 0.387 e. The van der Waals surface area contributed by atoms with E-state index < -0.39 is 6.10 Å². The summed E-state index contributed by atoms with van der Waals surface area (Å²) in [5.41, 5.74) is 1.85. The zero-order valence-electron chi connectivity index (χ0n) is 11.9. The van der Waals surface area contributed by atoms with Crippen LogP contribution >= 0.6 is 0 Å². The van der Waals surface area contributed by atoms with Crippen molar-refractivity contribution >= 4 is 5.69 Å². The Morgan fingerprint density at radius 2 is 2.00 bits per heavy atom. The molecule has 4 nitrogen and oxygen atoms in total. The van der Waals surface area contributed by atoms with Crippen LogP contribution in [0.1, 0.15) is 32.1 Å². The quantitative estimate of drug-likeness (QED) is 0.803. The zero-order valence-corrected chi connectivity index (χ0v) is 11.9. The molecule has 102 valence electrons. The highest BCUT2D eigenvalue weighted by atomic mass is 16.3. The molecule has 0 aliphatic carbocycles. The van der Waals surface area contributed by atoms with Gasteiger partial charge in [-0.2, -0.15) is 0 Å². The first-order valence-electron chi connectivity index (χ1n) is 6.58. The second-order valence-electron chi connectivity index (χ2n) is 4.85. The average Bonchev–Trinajstić information content (AvgIpc) is 2.34. The molecule has 0 fully saturated rings. The van der Waals surface area contributed by atoms with Gasteiger partial charge in [-0.25, -0.2) is 0 Å². The lowest BCUT2D eigenvalue weighted by atomic mass is 10.2. The first-order valence-corrected chi connectivity index (χ1v) is 6.58. The molecule has 0 unspecified atom stereocenters. The van der Waals surface area contributed by atoms with E-state index in [0.717, 1.165) is 37.4 Å². The van der Waals surface area contributed by atoms with Crippen LogP contribution in [-0.2, 0) is 0 Å². The van der Waals surface area contributed by atoms with E-state index in [1.165, 1.54) is 0 Å². The minimum atomic E-state index is -0.497. The number of anilines is 1. The van der Waals surface area contributed by atoms with Crippen LogP contribution in [-0.4, -0.2) is 48.7 Å². The molecule has 4 heteroatoms. The van der Waals surface area contributed by atoms with Gasteiger partial charge in [-0.05, 0) is 53.0 Å². The highest BCUT2D eigenvalue weighted by molar-refractivity contribution is 5.44. The standard InChI is InChI=1S/C14H25N3O/c1-5-17(10-6-9-16(3)4)13-7-8-14(12(2)18)15-11-13/h7-8,11-12,18H,5-6,9-10H2,1-4H3/t12-/m1/s1. The van der Waals surface area contributed by atoms with Crippen molar-refractivity contribution in [2.45, 2.75) is 26.4 Å². The second kappa shape index (κ2) is 7.34. The molecule has 0 saturated heterocycles. The summed E-state index contributed by atoms with van der Waals surface area (Å²) >= 11 is 0. The van der Waals surface area contributed by atoms with Crippen LogP contribution in [0.5, 0.6) is 0 Å². The lowest BCUT2D eigenvalue weighted by molar-refractivity contribution is 0.194. The minimum Gasteiger partial charge on any atom is -0.387 e. The highest BCUT2D eigenvalue weighted by Gasteiger charge is 2.07. The lowest BCUT2D eigenvalue weighted by Gasteiger charge is -2.23. The maximum Gasteiger partial charge on any atom is 0.0931 e. The summed E-state index contributed by atoms with van der Waals surface area (Å²) in [6.07, 6.45) is 2.49. The second-order valence-corrected chi connectivity index (χ2v) is 4.85. The number of nitrogens with zero attached hydrogens (tertiary/aromatic N) is 3. The lowest BCUT2D eigenvalue weighted by Crippen LogP contribution is -2.27. The number of hydrogen-bond acceptors (Lipinski definition) is 4. The maximum absolute atomic E-state index is 9.43. The Morgan fingerprint density at radius 3 is 2.44 bits per heavy atom. The van der Waals surface area contributed by atoms with E-state index >= 15 is 0 Å². The normalized spacial score (nSPS) is 12.8. The minimum absolute atomic E-state index is 0.497. The molecule has 0 aliphatic rings. The molecule has 0 radical (unpaired) electrons. The van der Waals surface area contributed by atoms with Gasteiger partial charge in [0.05, 0.1) is 23.7 Å². The molecule has 1 aromatic heterocycles. The molecular formula is C14H25N3O. The number of hydrogen-bond donors (Lipinski definition) is 1. The molecule has 0 spiro atoms. The van der Waals surface area contributed by atoms with Crippen LogP contribution < -0.4 is 4.90 Å². The molecule has 1 rings (SSSR count). The Labute approximate surface area is 110 Å². The number of rotatable bonds is 7. The van der Waals surface area contributed by atoms with Gasteiger partial charge in [0, 0.05) is 13.1 Å². The Balaban J connectivity index is 2.58. The van der Waals surface area contributed by atoms with Crippen LogP contribution in [0.15, 0.2) is 18.3 Å². The average molecular weight is 251 g/mol. The topological polar surface area (TPSA) is 39.6 Å². The first kappa shape index (κ1) is 14.9. The van der Waals surface area contributed by atoms with E-state index in [-0.39, 0.29) is 0 Å². The number of aliphatic hydroxyl groups is 1. The third-order valence-corrected chi connectivity index (χ3v) is 2.98. The van der Waals surface area contributed by atoms with Crippen molar-refractivity contribution in [3.8, 4) is 0 Å². The van der Waals surface area contributed by atoms with E-state index in [1.54, 1.807) is 6.92 Å². The van der Waals surface area contributed by atoms with Gasteiger partial charge in [0.15, 0.2) is 0 Å². The van der Waals surface area contributed by atoms with Crippen LogP contribution in [0, 0.1) is 0 Å². The van der Waals surface area contributed by atoms with E-state index in [9.17, 15) is 5.11 Å². The van der Waals surface area contributed by atoms with Crippen molar-refractivity contribution < 1.29 is 5.11 Å². The smallest absolute Gasteiger partial charge is 0.0931 e. The third kappa shape index (κ3) is 4.63. The summed E-state index contributed by atoms with van der Waals surface area (Å²) < 4.78 is 0. The van der Waals surface area contributed by atoms with Crippen molar-refractivity contribution in [2.24, 2.45) is 0 Å². The highest BCUT2D eigenvalue weighted by Crippen LogP contribution is 2.16. The van der Waals surface area contributed by atoms with Gasteiger partial charge in [0.2, 0.25) is 0 Å². The summed E-state index contributed by atoms with van der Waals surface area (Å²) in [6, 6.07) is 3.93. The zero-order chi connectivity index (χ0) is 13.5. The van der Waals surface area contributed by atoms with Gasteiger partial charge >= 0.3 is 0 Å². The number of aromatic nitrogens is 1. The number of aliphatic hydroxyl groups excluding tert-OH is 1. The molecular weight excluding hydrogens is 226 g/mol. The predicted octanol–water partition coefficient (Wildman–Crippen LogP) is 1.91. The maximum atomic E-state index is 9.43. The van der Waals surface area contributed by atoms with Gasteiger partial charge in [0.1, 0.15) is 0 Å².